The topological polar surface area (TPSA) is 81.9 Å². The summed E-state index contributed by atoms with van der Waals surface area (Å²) in [4.78, 5) is 12.0. The van der Waals surface area contributed by atoms with Crippen LogP contribution in [0.2, 0.25) is 0 Å². The number of tetrazole rings is 1. The maximum Gasteiger partial charge on any atom is 0.262 e. The average Bonchev–Trinajstić information content (AvgIpc) is 3.11. The van der Waals surface area contributed by atoms with Crippen LogP contribution in [0.15, 0.2) is 48.8 Å². The van der Waals surface area contributed by atoms with Crippen molar-refractivity contribution in [2.75, 3.05) is 11.9 Å². The number of hydrogen-bond donors (Lipinski definition) is 1. The summed E-state index contributed by atoms with van der Waals surface area (Å²) in [5, 5.41) is 13.8. The second-order valence-corrected chi connectivity index (χ2v) is 5.39. The molecule has 1 N–H and O–H groups in total. The van der Waals surface area contributed by atoms with Crippen LogP contribution in [-0.2, 0) is 4.79 Å². The third-order valence-electron chi connectivity index (χ3n) is 3.59. The van der Waals surface area contributed by atoms with Crippen LogP contribution in [-0.4, -0.2) is 32.7 Å². The van der Waals surface area contributed by atoms with Crippen molar-refractivity contribution in [2.24, 2.45) is 0 Å². The number of benzene rings is 2. The smallest absolute Gasteiger partial charge is 0.262 e. The molecular formula is C17H17N5O2. The van der Waals surface area contributed by atoms with Crippen molar-refractivity contribution < 1.29 is 9.53 Å². The van der Waals surface area contributed by atoms with Gasteiger partial charge in [0.1, 0.15) is 12.1 Å². The predicted octanol–water partition coefficient (Wildman–Crippen LogP) is 2.30. The maximum absolute atomic E-state index is 12.0. The maximum atomic E-state index is 12.0. The SMILES string of the molecule is Cc1ccc(NC(=O)COc2cccc(-n3cnnn3)c2)cc1C. The lowest BCUT2D eigenvalue weighted by atomic mass is 10.1. The van der Waals surface area contributed by atoms with Crippen molar-refractivity contribution >= 4 is 11.6 Å². The summed E-state index contributed by atoms with van der Waals surface area (Å²) in [7, 11) is 0. The second kappa shape index (κ2) is 6.91. The third kappa shape index (κ3) is 3.75. The van der Waals surface area contributed by atoms with E-state index < -0.39 is 0 Å². The summed E-state index contributed by atoms with van der Waals surface area (Å²) < 4.78 is 7.05. The molecule has 0 radical (unpaired) electrons. The van der Waals surface area contributed by atoms with Gasteiger partial charge >= 0.3 is 0 Å². The Morgan fingerprint density at radius 3 is 2.79 bits per heavy atom. The molecule has 0 saturated heterocycles. The van der Waals surface area contributed by atoms with E-state index in [1.54, 1.807) is 12.1 Å². The largest absolute Gasteiger partial charge is 0.484 e. The number of nitrogens with zero attached hydrogens (tertiary/aromatic N) is 4. The molecule has 1 heterocycles. The predicted molar refractivity (Wildman–Crippen MR) is 89.2 cm³/mol. The van der Waals surface area contributed by atoms with E-state index in [1.165, 1.54) is 16.6 Å². The van der Waals surface area contributed by atoms with Gasteiger partial charge in [-0.15, -0.1) is 5.10 Å². The van der Waals surface area contributed by atoms with Crippen LogP contribution < -0.4 is 10.1 Å². The summed E-state index contributed by atoms with van der Waals surface area (Å²) in [6.45, 7) is 3.96. The Morgan fingerprint density at radius 2 is 2.04 bits per heavy atom. The van der Waals surface area contributed by atoms with Crippen molar-refractivity contribution in [3.05, 3.63) is 59.9 Å². The zero-order valence-electron chi connectivity index (χ0n) is 13.4. The number of nitrogens with one attached hydrogen (secondary N) is 1. The van der Waals surface area contributed by atoms with Gasteiger partial charge in [-0.2, -0.15) is 0 Å². The van der Waals surface area contributed by atoms with E-state index in [0.717, 1.165) is 16.9 Å². The molecule has 24 heavy (non-hydrogen) atoms. The van der Waals surface area contributed by atoms with Gasteiger partial charge in [0.05, 0.1) is 5.69 Å². The Bertz CT molecular complexity index is 846. The molecule has 0 aliphatic carbocycles. The van der Waals surface area contributed by atoms with E-state index in [4.69, 9.17) is 4.74 Å². The molecule has 7 heteroatoms. The van der Waals surface area contributed by atoms with Crippen molar-refractivity contribution in [3.8, 4) is 11.4 Å². The zero-order valence-corrected chi connectivity index (χ0v) is 13.4. The first-order valence-electron chi connectivity index (χ1n) is 7.45. The summed E-state index contributed by atoms with van der Waals surface area (Å²) in [6.07, 6.45) is 1.49. The highest BCUT2D eigenvalue weighted by Gasteiger charge is 2.06. The van der Waals surface area contributed by atoms with Gasteiger partial charge < -0.3 is 10.1 Å². The van der Waals surface area contributed by atoms with Gasteiger partial charge in [-0.05, 0) is 59.7 Å². The molecule has 3 rings (SSSR count). The molecule has 0 aliphatic heterocycles. The van der Waals surface area contributed by atoms with Crippen LogP contribution in [0.5, 0.6) is 5.75 Å². The molecule has 1 aromatic heterocycles. The minimum atomic E-state index is -0.217. The highest BCUT2D eigenvalue weighted by atomic mass is 16.5. The highest BCUT2D eigenvalue weighted by Crippen LogP contribution is 2.16. The Kier molecular flexibility index (Phi) is 4.51. The molecule has 7 nitrogen and oxygen atoms in total. The number of amides is 1. The van der Waals surface area contributed by atoms with Gasteiger partial charge in [0.2, 0.25) is 0 Å². The molecule has 3 aromatic rings. The van der Waals surface area contributed by atoms with Crippen LogP contribution in [0.25, 0.3) is 5.69 Å². The molecule has 1 amide bonds. The van der Waals surface area contributed by atoms with E-state index in [-0.39, 0.29) is 12.5 Å². The molecule has 2 aromatic carbocycles. The van der Waals surface area contributed by atoms with E-state index >= 15 is 0 Å². The van der Waals surface area contributed by atoms with E-state index in [9.17, 15) is 4.79 Å². The van der Waals surface area contributed by atoms with Gasteiger partial charge in [0, 0.05) is 11.8 Å². The summed E-state index contributed by atoms with van der Waals surface area (Å²) >= 11 is 0. The summed E-state index contributed by atoms with van der Waals surface area (Å²) in [5.74, 6) is 0.351. The van der Waals surface area contributed by atoms with Crippen LogP contribution in [0.1, 0.15) is 11.1 Å². The van der Waals surface area contributed by atoms with Crippen LogP contribution in [0.4, 0.5) is 5.69 Å². The van der Waals surface area contributed by atoms with E-state index in [1.807, 2.05) is 44.2 Å². The van der Waals surface area contributed by atoms with Crippen LogP contribution in [0.3, 0.4) is 0 Å². The van der Waals surface area contributed by atoms with Crippen molar-refractivity contribution in [1.82, 2.24) is 20.2 Å². The number of ether oxygens (including phenoxy) is 1. The fraction of sp³-hybridized carbons (Fsp3) is 0.176. The minimum Gasteiger partial charge on any atom is -0.484 e. The molecule has 0 aliphatic rings. The molecule has 122 valence electrons. The summed E-state index contributed by atoms with van der Waals surface area (Å²) in [5.41, 5.74) is 3.83. The van der Waals surface area contributed by atoms with Crippen LogP contribution >= 0.6 is 0 Å². The number of carbonyl (C=O) groups is 1. The lowest BCUT2D eigenvalue weighted by molar-refractivity contribution is -0.118. The fourth-order valence-corrected chi connectivity index (χ4v) is 2.16. The van der Waals surface area contributed by atoms with Gasteiger partial charge in [-0.3, -0.25) is 4.79 Å². The first kappa shape index (κ1) is 15.7. The van der Waals surface area contributed by atoms with E-state index in [0.29, 0.717) is 5.75 Å². The molecule has 0 unspecified atom stereocenters. The Hall–Kier alpha value is -3.22. The van der Waals surface area contributed by atoms with Gasteiger partial charge in [-0.1, -0.05) is 12.1 Å². The molecule has 0 fully saturated rings. The number of hydrogen-bond acceptors (Lipinski definition) is 5. The standard InChI is InChI=1S/C17H17N5O2/c1-12-6-7-14(8-13(12)2)19-17(23)10-24-16-5-3-4-15(9-16)22-11-18-20-21-22/h3-9,11H,10H2,1-2H3,(H,19,23). The minimum absolute atomic E-state index is 0.0774. The Morgan fingerprint density at radius 1 is 1.17 bits per heavy atom. The quantitative estimate of drug-likeness (QED) is 0.779. The molecule has 0 spiro atoms. The molecule has 0 bridgehead atoms. The number of aryl methyl sites for hydroxylation is 2. The molecule has 0 saturated carbocycles. The number of anilines is 1. The summed E-state index contributed by atoms with van der Waals surface area (Å²) in [6, 6.07) is 13.0. The zero-order chi connectivity index (χ0) is 16.9. The second-order valence-electron chi connectivity index (χ2n) is 5.39. The van der Waals surface area contributed by atoms with Gasteiger partial charge in [0.15, 0.2) is 6.61 Å². The van der Waals surface area contributed by atoms with Crippen LogP contribution in [0, 0.1) is 13.8 Å². The highest BCUT2D eigenvalue weighted by molar-refractivity contribution is 5.92. The van der Waals surface area contributed by atoms with E-state index in [2.05, 4.69) is 20.8 Å². The lowest BCUT2D eigenvalue weighted by Crippen LogP contribution is -2.20. The number of rotatable bonds is 5. The fourth-order valence-electron chi connectivity index (χ4n) is 2.16. The molecule has 0 atom stereocenters. The van der Waals surface area contributed by atoms with Crippen molar-refractivity contribution in [1.29, 1.82) is 0 Å². The first-order valence-corrected chi connectivity index (χ1v) is 7.45. The van der Waals surface area contributed by atoms with Crippen molar-refractivity contribution in [2.45, 2.75) is 13.8 Å². The van der Waals surface area contributed by atoms with Gasteiger partial charge in [0.25, 0.3) is 5.91 Å². The van der Waals surface area contributed by atoms with Gasteiger partial charge in [-0.25, -0.2) is 4.68 Å². The number of carbonyl (C=O) groups excluding carboxylic acids is 1. The number of aromatic nitrogens is 4. The molecular weight excluding hydrogens is 306 g/mol. The Balaban J connectivity index is 1.60. The Labute approximate surface area is 139 Å². The third-order valence-corrected chi connectivity index (χ3v) is 3.59. The lowest BCUT2D eigenvalue weighted by Gasteiger charge is -2.10. The monoisotopic (exact) mass is 323 g/mol. The first-order chi connectivity index (χ1) is 11.6. The van der Waals surface area contributed by atoms with Crippen molar-refractivity contribution in [3.63, 3.8) is 0 Å². The average molecular weight is 323 g/mol. The normalized spacial score (nSPS) is 10.4.